The number of nitrogens with two attached hydrogens (primary N) is 1. The minimum Gasteiger partial charge on any atom is -0.466 e. The minimum atomic E-state index is -0.705. The lowest BCUT2D eigenvalue weighted by Crippen LogP contribution is -2.37. The fourth-order valence-corrected chi connectivity index (χ4v) is 2.54. The van der Waals surface area contributed by atoms with Crippen molar-refractivity contribution in [1.29, 1.82) is 0 Å². The number of carbonyl (C=O) groups is 2. The largest absolute Gasteiger partial charge is 0.466 e. The van der Waals surface area contributed by atoms with E-state index in [0.717, 1.165) is 5.56 Å². The number of furan rings is 1. The molecular weight excluding hydrogens is 284 g/mol. The Morgan fingerprint density at radius 3 is 2.82 bits per heavy atom. The number of hydrogen-bond donors (Lipinski definition) is 1. The molecule has 0 unspecified atom stereocenters. The topological polar surface area (TPSA) is 102 Å². The van der Waals surface area contributed by atoms with Crippen molar-refractivity contribution in [2.24, 2.45) is 5.73 Å². The van der Waals surface area contributed by atoms with Gasteiger partial charge in [0.25, 0.3) is 11.8 Å². The van der Waals surface area contributed by atoms with E-state index in [2.05, 4.69) is 16.2 Å². The minimum absolute atomic E-state index is 0.0802. The summed E-state index contributed by atoms with van der Waals surface area (Å²) in [4.78, 5) is 33.4. The van der Waals surface area contributed by atoms with Gasteiger partial charge >= 0.3 is 0 Å². The van der Waals surface area contributed by atoms with Gasteiger partial charge < -0.3 is 15.1 Å². The highest BCUT2D eigenvalue weighted by Gasteiger charge is 2.26. The number of carbonyl (C=O) groups excluding carboxylic acids is 2. The number of fused-ring (bicyclic) bond motifs is 1. The molecule has 0 aromatic carbocycles. The summed E-state index contributed by atoms with van der Waals surface area (Å²) in [5, 5.41) is 0. The summed E-state index contributed by atoms with van der Waals surface area (Å²) in [6.07, 6.45) is 3.38. The van der Waals surface area contributed by atoms with Gasteiger partial charge in [0.1, 0.15) is 11.5 Å². The standard InChI is InChI=1S/C15H15N4O3/c1-8-5-11(9(2)22-8)15(21)19-4-3-10-6-17-14(13(16)20)18-12(10)7-19/h5H,3-4,7H2,1-2H3,(H2,16,20). The van der Waals surface area contributed by atoms with Gasteiger partial charge in [0.15, 0.2) is 0 Å². The smallest absolute Gasteiger partial charge is 0.286 e. The lowest BCUT2D eigenvalue weighted by Gasteiger charge is -2.27. The summed E-state index contributed by atoms with van der Waals surface area (Å²) >= 11 is 0. The normalized spacial score (nSPS) is 13.8. The molecule has 0 saturated heterocycles. The highest BCUT2D eigenvalue weighted by atomic mass is 16.3. The zero-order chi connectivity index (χ0) is 15.9. The van der Waals surface area contributed by atoms with Crippen LogP contribution in [0.4, 0.5) is 0 Å². The molecule has 1 radical (unpaired) electrons. The number of hydrogen-bond acceptors (Lipinski definition) is 5. The molecule has 22 heavy (non-hydrogen) atoms. The molecule has 2 aromatic heterocycles. The Labute approximate surface area is 127 Å². The molecule has 2 amide bonds. The molecule has 3 rings (SSSR count). The van der Waals surface area contributed by atoms with Crippen molar-refractivity contribution in [3.05, 3.63) is 46.4 Å². The van der Waals surface area contributed by atoms with E-state index >= 15 is 0 Å². The molecule has 2 aromatic rings. The van der Waals surface area contributed by atoms with Crippen LogP contribution >= 0.6 is 0 Å². The number of rotatable bonds is 2. The zero-order valence-corrected chi connectivity index (χ0v) is 12.3. The van der Waals surface area contributed by atoms with Crippen molar-refractivity contribution >= 4 is 11.8 Å². The van der Waals surface area contributed by atoms with Crippen molar-refractivity contribution in [2.45, 2.75) is 26.8 Å². The summed E-state index contributed by atoms with van der Waals surface area (Å²) in [5.74, 6) is 0.400. The molecule has 1 aliphatic heterocycles. The maximum Gasteiger partial charge on any atom is 0.286 e. The number of aryl methyl sites for hydroxylation is 2. The fraction of sp³-hybridized carbons (Fsp3) is 0.333. The maximum absolute atomic E-state index is 12.6. The molecule has 7 nitrogen and oxygen atoms in total. The lowest BCUT2D eigenvalue weighted by atomic mass is 10.1. The molecule has 0 fully saturated rings. The van der Waals surface area contributed by atoms with Crippen LogP contribution in [0, 0.1) is 20.0 Å². The second-order valence-electron chi connectivity index (χ2n) is 5.25. The second kappa shape index (κ2) is 5.25. The Morgan fingerprint density at radius 2 is 2.18 bits per heavy atom. The van der Waals surface area contributed by atoms with Crippen molar-refractivity contribution < 1.29 is 14.0 Å². The SMILES string of the molecule is Cc1cc(C(=O)N2CCc3[c]nc(C(N)=O)nc3C2)c(C)o1. The van der Waals surface area contributed by atoms with Crippen molar-refractivity contribution in [3.63, 3.8) is 0 Å². The molecule has 3 heterocycles. The maximum atomic E-state index is 12.6. The van der Waals surface area contributed by atoms with Crippen LogP contribution in [-0.4, -0.2) is 33.2 Å². The molecular formula is C15H15N4O3. The molecule has 0 atom stereocenters. The van der Waals surface area contributed by atoms with Gasteiger partial charge in [0, 0.05) is 12.1 Å². The van der Waals surface area contributed by atoms with Crippen LogP contribution in [0.1, 0.15) is 43.8 Å². The first-order valence-electron chi connectivity index (χ1n) is 6.89. The molecule has 7 heteroatoms. The van der Waals surface area contributed by atoms with Gasteiger partial charge in [-0.1, -0.05) is 0 Å². The average molecular weight is 299 g/mol. The highest BCUT2D eigenvalue weighted by molar-refractivity contribution is 5.95. The van der Waals surface area contributed by atoms with Crippen LogP contribution in [0.15, 0.2) is 10.5 Å². The average Bonchev–Trinajstić information content (AvgIpc) is 2.84. The molecule has 0 bridgehead atoms. The van der Waals surface area contributed by atoms with E-state index in [1.165, 1.54) is 0 Å². The van der Waals surface area contributed by atoms with Gasteiger partial charge in [-0.3, -0.25) is 9.59 Å². The predicted octanol–water partition coefficient (Wildman–Crippen LogP) is 0.784. The fourth-order valence-electron chi connectivity index (χ4n) is 2.54. The summed E-state index contributed by atoms with van der Waals surface area (Å²) in [7, 11) is 0. The van der Waals surface area contributed by atoms with Crippen molar-refractivity contribution in [2.75, 3.05) is 6.54 Å². The van der Waals surface area contributed by atoms with Crippen LogP contribution in [-0.2, 0) is 13.0 Å². The third-order valence-corrected chi connectivity index (χ3v) is 3.64. The van der Waals surface area contributed by atoms with E-state index in [9.17, 15) is 9.59 Å². The Bertz CT molecular complexity index is 766. The first kappa shape index (κ1) is 14.2. The van der Waals surface area contributed by atoms with Gasteiger partial charge in [-0.05, 0) is 26.3 Å². The molecule has 0 saturated carbocycles. The van der Waals surface area contributed by atoms with E-state index in [1.807, 2.05) is 0 Å². The summed E-state index contributed by atoms with van der Waals surface area (Å²) in [6.45, 7) is 4.41. The quantitative estimate of drug-likeness (QED) is 0.883. The lowest BCUT2D eigenvalue weighted by molar-refractivity contribution is 0.0729. The van der Waals surface area contributed by atoms with Gasteiger partial charge in [0.05, 0.1) is 24.0 Å². The highest BCUT2D eigenvalue weighted by Crippen LogP contribution is 2.21. The molecule has 1 aliphatic rings. The monoisotopic (exact) mass is 299 g/mol. The van der Waals surface area contributed by atoms with Gasteiger partial charge in [-0.2, -0.15) is 0 Å². The Hall–Kier alpha value is -2.70. The van der Waals surface area contributed by atoms with Crippen LogP contribution < -0.4 is 5.73 Å². The van der Waals surface area contributed by atoms with E-state index in [0.29, 0.717) is 42.3 Å². The van der Waals surface area contributed by atoms with Crippen molar-refractivity contribution in [1.82, 2.24) is 14.9 Å². The third-order valence-electron chi connectivity index (χ3n) is 3.64. The zero-order valence-electron chi connectivity index (χ0n) is 12.3. The number of aromatic nitrogens is 2. The number of amides is 2. The third kappa shape index (κ3) is 2.45. The summed E-state index contributed by atoms with van der Waals surface area (Å²) in [6, 6.07) is 1.73. The first-order chi connectivity index (χ1) is 10.5. The second-order valence-corrected chi connectivity index (χ2v) is 5.25. The molecule has 113 valence electrons. The molecule has 0 spiro atoms. The summed E-state index contributed by atoms with van der Waals surface area (Å²) < 4.78 is 5.41. The van der Waals surface area contributed by atoms with Crippen molar-refractivity contribution in [3.8, 4) is 0 Å². The number of nitrogens with zero attached hydrogens (tertiary/aromatic N) is 3. The molecule has 0 aliphatic carbocycles. The van der Waals surface area contributed by atoms with Crippen LogP contribution in [0.2, 0.25) is 0 Å². The van der Waals surface area contributed by atoms with Crippen LogP contribution in [0.3, 0.4) is 0 Å². The van der Waals surface area contributed by atoms with E-state index in [-0.39, 0.29) is 11.7 Å². The number of primary amides is 1. The summed E-state index contributed by atoms with van der Waals surface area (Å²) in [5.41, 5.74) is 7.15. The van der Waals surface area contributed by atoms with Gasteiger partial charge in [-0.25, -0.2) is 9.97 Å². The van der Waals surface area contributed by atoms with E-state index < -0.39 is 5.91 Å². The van der Waals surface area contributed by atoms with Crippen LogP contribution in [0.25, 0.3) is 0 Å². The molecule has 2 N–H and O–H groups in total. The van der Waals surface area contributed by atoms with Crippen LogP contribution in [0.5, 0.6) is 0 Å². The van der Waals surface area contributed by atoms with Gasteiger partial charge in [-0.15, -0.1) is 0 Å². The van der Waals surface area contributed by atoms with Gasteiger partial charge in [0.2, 0.25) is 5.82 Å². The van der Waals surface area contributed by atoms with E-state index in [1.54, 1.807) is 24.8 Å². The first-order valence-corrected chi connectivity index (χ1v) is 6.89. The Kier molecular flexibility index (Phi) is 3.40. The van der Waals surface area contributed by atoms with E-state index in [4.69, 9.17) is 10.2 Å². The Balaban J connectivity index is 1.87. The predicted molar refractivity (Wildman–Crippen MR) is 76.0 cm³/mol. The Morgan fingerprint density at radius 1 is 1.41 bits per heavy atom.